The molecule has 2 aromatic rings. The first-order chi connectivity index (χ1) is 9.61. The number of benzene rings is 2. The fourth-order valence-electron chi connectivity index (χ4n) is 1.99. The van der Waals surface area contributed by atoms with Crippen LogP contribution in [0.2, 0.25) is 0 Å². The molecule has 0 bridgehead atoms. The van der Waals surface area contributed by atoms with Gasteiger partial charge in [0.1, 0.15) is 5.75 Å². The molecule has 0 aliphatic heterocycles. The van der Waals surface area contributed by atoms with Crippen LogP contribution in [-0.4, -0.2) is 12.0 Å². The fourth-order valence-corrected chi connectivity index (χ4v) is 2.57. The molecule has 2 rings (SSSR count). The molecule has 0 radical (unpaired) electrons. The molecule has 0 aliphatic rings. The lowest BCUT2D eigenvalue weighted by atomic mass is 10.1. The summed E-state index contributed by atoms with van der Waals surface area (Å²) >= 11 is 3.58. The van der Waals surface area contributed by atoms with Gasteiger partial charge >= 0.3 is 0 Å². The van der Waals surface area contributed by atoms with Crippen molar-refractivity contribution in [3.63, 3.8) is 0 Å². The highest BCUT2D eigenvalue weighted by Gasteiger charge is 2.11. The van der Waals surface area contributed by atoms with Gasteiger partial charge in [-0.25, -0.2) is 5.84 Å². The van der Waals surface area contributed by atoms with Gasteiger partial charge in [0.05, 0.1) is 10.6 Å². The third kappa shape index (κ3) is 3.49. The largest absolute Gasteiger partial charge is 0.490 e. The Morgan fingerprint density at radius 1 is 1.35 bits per heavy atom. The van der Waals surface area contributed by atoms with E-state index in [1.807, 2.05) is 37.3 Å². The summed E-state index contributed by atoms with van der Waals surface area (Å²) in [5.41, 5.74) is 2.12. The van der Waals surface area contributed by atoms with Crippen LogP contribution in [0.25, 0.3) is 10.8 Å². The second-order valence-corrected chi connectivity index (χ2v) is 5.43. The quantitative estimate of drug-likeness (QED) is 0.500. The van der Waals surface area contributed by atoms with E-state index in [0.717, 1.165) is 21.0 Å². The number of halogens is 1. The average molecular weight is 337 g/mol. The molecule has 0 fully saturated rings. The highest BCUT2D eigenvalue weighted by molar-refractivity contribution is 9.10. The standard InChI is InChI=1S/C15H17BrN2O2/c1-10(6-9-14(19)18-17)20-13-8-7-11-4-2-3-5-12(11)15(13)16/h2-5,7-8,10H,6,9,17H2,1H3,(H,18,19). The first-order valence-corrected chi connectivity index (χ1v) is 7.24. The lowest BCUT2D eigenvalue weighted by Gasteiger charge is -2.16. The molecule has 0 spiro atoms. The Morgan fingerprint density at radius 2 is 2.10 bits per heavy atom. The van der Waals surface area contributed by atoms with E-state index in [1.54, 1.807) is 0 Å². The highest BCUT2D eigenvalue weighted by atomic mass is 79.9. The van der Waals surface area contributed by atoms with Gasteiger partial charge in [-0.15, -0.1) is 0 Å². The number of amides is 1. The average Bonchev–Trinajstić information content (AvgIpc) is 2.48. The lowest BCUT2D eigenvalue weighted by molar-refractivity contribution is -0.121. The maximum absolute atomic E-state index is 11.1. The summed E-state index contributed by atoms with van der Waals surface area (Å²) in [5.74, 6) is 5.65. The molecule has 1 amide bonds. The minimum absolute atomic E-state index is 0.0650. The molecule has 5 heteroatoms. The summed E-state index contributed by atoms with van der Waals surface area (Å²) in [5, 5.41) is 2.26. The number of hydrazine groups is 1. The van der Waals surface area contributed by atoms with Gasteiger partial charge in [-0.3, -0.25) is 10.2 Å². The van der Waals surface area contributed by atoms with Crippen molar-refractivity contribution in [1.82, 2.24) is 5.43 Å². The predicted octanol–water partition coefficient (Wildman–Crippen LogP) is 3.14. The van der Waals surface area contributed by atoms with E-state index in [-0.39, 0.29) is 12.0 Å². The van der Waals surface area contributed by atoms with E-state index >= 15 is 0 Å². The van der Waals surface area contributed by atoms with E-state index in [4.69, 9.17) is 10.6 Å². The van der Waals surface area contributed by atoms with E-state index in [9.17, 15) is 4.79 Å². The summed E-state index contributed by atoms with van der Waals surface area (Å²) < 4.78 is 6.82. The molecule has 20 heavy (non-hydrogen) atoms. The van der Waals surface area contributed by atoms with Gasteiger partial charge in [0.15, 0.2) is 0 Å². The minimum Gasteiger partial charge on any atom is -0.490 e. The Balaban J connectivity index is 2.09. The van der Waals surface area contributed by atoms with Gasteiger partial charge in [-0.1, -0.05) is 30.3 Å². The molecular weight excluding hydrogens is 320 g/mol. The molecule has 0 saturated heterocycles. The van der Waals surface area contributed by atoms with Gasteiger partial charge in [-0.2, -0.15) is 0 Å². The van der Waals surface area contributed by atoms with Crippen LogP contribution in [0, 0.1) is 0 Å². The fraction of sp³-hybridized carbons (Fsp3) is 0.267. The highest BCUT2D eigenvalue weighted by Crippen LogP contribution is 2.33. The molecule has 4 nitrogen and oxygen atoms in total. The van der Waals surface area contributed by atoms with Crippen molar-refractivity contribution in [2.75, 3.05) is 0 Å². The number of rotatable bonds is 5. The lowest BCUT2D eigenvalue weighted by Crippen LogP contribution is -2.30. The van der Waals surface area contributed by atoms with Crippen molar-refractivity contribution in [2.45, 2.75) is 25.9 Å². The third-order valence-corrected chi connectivity index (χ3v) is 3.91. The van der Waals surface area contributed by atoms with Gasteiger partial charge in [0.25, 0.3) is 0 Å². The monoisotopic (exact) mass is 336 g/mol. The van der Waals surface area contributed by atoms with Crippen LogP contribution >= 0.6 is 15.9 Å². The first kappa shape index (κ1) is 14.8. The Hall–Kier alpha value is -1.59. The maximum atomic E-state index is 11.1. The summed E-state index contributed by atoms with van der Waals surface area (Å²) in [4.78, 5) is 11.1. The molecule has 0 saturated carbocycles. The Labute approximate surface area is 126 Å². The van der Waals surface area contributed by atoms with Crippen molar-refractivity contribution in [3.05, 3.63) is 40.9 Å². The number of carbonyl (C=O) groups is 1. The predicted molar refractivity (Wildman–Crippen MR) is 83.3 cm³/mol. The molecule has 106 valence electrons. The molecule has 2 aromatic carbocycles. The van der Waals surface area contributed by atoms with Crippen molar-refractivity contribution in [2.24, 2.45) is 5.84 Å². The van der Waals surface area contributed by atoms with E-state index in [2.05, 4.69) is 27.4 Å². The molecule has 1 atom stereocenters. The maximum Gasteiger partial charge on any atom is 0.234 e. The summed E-state index contributed by atoms with van der Waals surface area (Å²) in [6.45, 7) is 1.94. The zero-order valence-corrected chi connectivity index (χ0v) is 12.8. The number of nitrogens with one attached hydrogen (secondary N) is 1. The summed E-state index contributed by atoms with van der Waals surface area (Å²) in [7, 11) is 0. The van der Waals surface area contributed by atoms with Gasteiger partial charge in [0.2, 0.25) is 5.91 Å². The molecule has 1 unspecified atom stereocenters. The number of ether oxygens (including phenoxy) is 1. The van der Waals surface area contributed by atoms with E-state index in [1.165, 1.54) is 0 Å². The van der Waals surface area contributed by atoms with Gasteiger partial charge in [-0.05, 0) is 46.1 Å². The number of fused-ring (bicyclic) bond motifs is 1. The first-order valence-electron chi connectivity index (χ1n) is 6.45. The number of carbonyl (C=O) groups excluding carboxylic acids is 1. The van der Waals surface area contributed by atoms with Crippen LogP contribution in [0.4, 0.5) is 0 Å². The zero-order valence-electron chi connectivity index (χ0n) is 11.2. The topological polar surface area (TPSA) is 64.4 Å². The number of hydrogen-bond acceptors (Lipinski definition) is 3. The van der Waals surface area contributed by atoms with Crippen molar-refractivity contribution in [3.8, 4) is 5.75 Å². The van der Waals surface area contributed by atoms with Gasteiger partial charge in [0, 0.05) is 6.42 Å². The minimum atomic E-state index is -0.182. The second kappa shape index (κ2) is 6.72. The van der Waals surface area contributed by atoms with Crippen LogP contribution in [0.3, 0.4) is 0 Å². The van der Waals surface area contributed by atoms with Crippen LogP contribution in [0.1, 0.15) is 19.8 Å². The summed E-state index contributed by atoms with van der Waals surface area (Å²) in [6, 6.07) is 12.0. The molecule has 0 aliphatic carbocycles. The Morgan fingerprint density at radius 3 is 2.85 bits per heavy atom. The smallest absolute Gasteiger partial charge is 0.234 e. The van der Waals surface area contributed by atoms with Crippen LogP contribution < -0.4 is 16.0 Å². The number of nitrogens with two attached hydrogens (primary N) is 1. The third-order valence-electron chi connectivity index (χ3n) is 3.09. The zero-order chi connectivity index (χ0) is 14.5. The van der Waals surface area contributed by atoms with E-state index < -0.39 is 0 Å². The van der Waals surface area contributed by atoms with Crippen molar-refractivity contribution >= 4 is 32.6 Å². The van der Waals surface area contributed by atoms with Crippen molar-refractivity contribution < 1.29 is 9.53 Å². The van der Waals surface area contributed by atoms with Crippen LogP contribution in [0.15, 0.2) is 40.9 Å². The molecular formula is C15H17BrN2O2. The SMILES string of the molecule is CC(CCC(=O)NN)Oc1ccc2ccccc2c1Br. The van der Waals surface area contributed by atoms with Crippen LogP contribution in [-0.2, 0) is 4.79 Å². The Bertz CT molecular complexity index is 616. The number of hydrogen-bond donors (Lipinski definition) is 2. The normalized spacial score (nSPS) is 12.2. The Kier molecular flexibility index (Phi) is 4.98. The molecule has 0 heterocycles. The molecule has 3 N–H and O–H groups in total. The summed E-state index contributed by atoms with van der Waals surface area (Å²) in [6.07, 6.45) is 0.898. The van der Waals surface area contributed by atoms with Gasteiger partial charge < -0.3 is 4.74 Å². The second-order valence-electron chi connectivity index (χ2n) is 4.63. The van der Waals surface area contributed by atoms with E-state index in [0.29, 0.717) is 12.8 Å². The molecule has 0 aromatic heterocycles. The van der Waals surface area contributed by atoms with Crippen LogP contribution in [0.5, 0.6) is 5.75 Å². The van der Waals surface area contributed by atoms with Crippen molar-refractivity contribution in [1.29, 1.82) is 0 Å².